The van der Waals surface area contributed by atoms with Crippen molar-refractivity contribution in [2.45, 2.75) is 0 Å². The van der Waals surface area contributed by atoms with E-state index >= 15 is 0 Å². The fourth-order valence-electron chi connectivity index (χ4n) is 2.95. The first-order valence-electron chi connectivity index (χ1n) is 11.0. The first-order valence-corrected chi connectivity index (χ1v) is 11.0. The average molecular weight is 749 g/mol. The molecular weight excluding hydrogens is 700 g/mol. The van der Waals surface area contributed by atoms with E-state index in [0.29, 0.717) is 0 Å². The summed E-state index contributed by atoms with van der Waals surface area (Å²) in [5, 5.41) is 68.9. The monoisotopic (exact) mass is 748 g/mol. The zero-order chi connectivity index (χ0) is 31.4. The molecule has 48 heavy (non-hydrogen) atoms. The van der Waals surface area contributed by atoms with E-state index < -0.39 is 100 Å². The Hall–Kier alpha value is -0.560. The van der Waals surface area contributed by atoms with Crippen molar-refractivity contribution in [1.29, 1.82) is 0 Å². The second-order valence-electron chi connectivity index (χ2n) is 7.99. The van der Waals surface area contributed by atoms with Gasteiger partial charge in [0.25, 0.3) is 0 Å². The molecule has 0 bridgehead atoms. The summed E-state index contributed by atoms with van der Waals surface area (Å²) in [7, 11) is 0. The topological polar surface area (TPSA) is 451 Å². The van der Waals surface area contributed by atoms with Crippen LogP contribution in [-0.4, -0.2) is 187 Å². The van der Waals surface area contributed by atoms with Crippen molar-refractivity contribution >= 4 is 47.8 Å². The standard InChI is InChI=1S/2C10H16N2O8.4H3N.4Na.4H/c2*13-7(14)3-11(4-8(15)16)1-2-12(5-9(17)18)6-10(19)20;;;;;;;;;;;;/h2*1-6H2,(H,13,14)(H,15,16)(H,17,18)(H,19,20);4*1H3;;;;;;;;/q;;;;;;4*+1;4*-1. The predicted molar refractivity (Wildman–Crippen MR) is 151 cm³/mol. The molecule has 0 fully saturated rings. The molecule has 0 saturated carbocycles. The van der Waals surface area contributed by atoms with Crippen LogP contribution in [0.2, 0.25) is 0 Å². The van der Waals surface area contributed by atoms with Crippen molar-refractivity contribution in [2.24, 2.45) is 0 Å². The Kier molecular flexibility index (Phi) is 64.8. The van der Waals surface area contributed by atoms with Crippen LogP contribution in [0.15, 0.2) is 0 Å². The molecule has 0 aliphatic heterocycles. The molecular formula is C20H48N8Na4O16. The van der Waals surface area contributed by atoms with Gasteiger partial charge in [-0.25, -0.2) is 0 Å². The number of carbonyl (C=O) groups is 8. The molecule has 0 spiro atoms. The minimum atomic E-state index is -1.23. The number of hydrogen-bond acceptors (Lipinski definition) is 16. The van der Waals surface area contributed by atoms with Gasteiger partial charge in [-0.3, -0.25) is 58.0 Å². The maximum Gasteiger partial charge on any atom is 1.00 e. The van der Waals surface area contributed by atoms with Crippen LogP contribution in [0, 0.1) is 0 Å². The molecule has 0 aromatic heterocycles. The Labute approximate surface area is 370 Å². The van der Waals surface area contributed by atoms with E-state index in [0.717, 1.165) is 19.6 Å². The molecule has 0 unspecified atom stereocenters. The second-order valence-corrected chi connectivity index (χ2v) is 7.99. The van der Waals surface area contributed by atoms with E-state index in [-0.39, 0.29) is 175 Å². The minimum Gasteiger partial charge on any atom is -1.00 e. The fraction of sp³-hybridized carbons (Fsp3) is 0.600. The Bertz CT molecular complexity index is 754. The molecule has 268 valence electrons. The third kappa shape index (κ3) is 52.3. The molecule has 24 nitrogen and oxygen atoms in total. The smallest absolute Gasteiger partial charge is 1.00 e. The second kappa shape index (κ2) is 42.6. The molecule has 0 amide bonds. The van der Waals surface area contributed by atoms with E-state index in [9.17, 15) is 38.4 Å². The molecule has 0 radical (unpaired) electrons. The first-order chi connectivity index (χ1) is 18.4. The normalized spacial score (nSPS) is 8.92. The predicted octanol–water partition coefficient (Wildman–Crippen LogP) is -15.0. The fourth-order valence-corrected chi connectivity index (χ4v) is 2.95. The van der Waals surface area contributed by atoms with Crippen LogP contribution in [0.25, 0.3) is 0 Å². The Morgan fingerprint density at radius 1 is 0.292 bits per heavy atom. The van der Waals surface area contributed by atoms with Crippen molar-refractivity contribution in [3.8, 4) is 0 Å². The van der Waals surface area contributed by atoms with Crippen LogP contribution >= 0.6 is 0 Å². The van der Waals surface area contributed by atoms with Gasteiger partial charge >= 0.3 is 166 Å². The maximum absolute atomic E-state index is 10.6. The number of rotatable bonds is 22. The SMILES string of the molecule is N.N.N.N.O=C(O)CN(CCN(CC(=O)O)CC(=O)O)CC(=O)O.O=C(O)CN(CCN(CC(=O)O)CC(=O)O)CC(=O)O.[H-].[H-].[H-].[H-].[Na+].[Na+].[Na+].[Na+]. The van der Waals surface area contributed by atoms with Crippen molar-refractivity contribution in [1.82, 2.24) is 44.2 Å². The van der Waals surface area contributed by atoms with E-state index in [4.69, 9.17) is 40.9 Å². The third-order valence-electron chi connectivity index (χ3n) is 4.34. The summed E-state index contributed by atoms with van der Waals surface area (Å²) in [4.78, 5) is 88.7. The molecule has 0 saturated heterocycles. The molecule has 0 aliphatic rings. The Morgan fingerprint density at radius 2 is 0.375 bits per heavy atom. The molecule has 0 atom stereocenters. The molecule has 20 N–H and O–H groups in total. The van der Waals surface area contributed by atoms with Gasteiger partial charge in [-0.15, -0.1) is 0 Å². The van der Waals surface area contributed by atoms with Gasteiger partial charge in [0.2, 0.25) is 0 Å². The summed E-state index contributed by atoms with van der Waals surface area (Å²) < 4.78 is 0. The molecule has 0 rings (SSSR count). The van der Waals surface area contributed by atoms with Crippen LogP contribution in [-0.2, 0) is 38.4 Å². The van der Waals surface area contributed by atoms with Crippen molar-refractivity contribution < 1.29 is 203 Å². The zero-order valence-electron chi connectivity index (χ0n) is 31.9. The Morgan fingerprint density at radius 3 is 0.438 bits per heavy atom. The Balaban J connectivity index is -0.0000000376. The van der Waals surface area contributed by atoms with Gasteiger partial charge in [-0.05, 0) is 0 Å². The first kappa shape index (κ1) is 73.0. The number of carboxylic acid groups (broad SMARTS) is 8. The third-order valence-corrected chi connectivity index (χ3v) is 4.34. The van der Waals surface area contributed by atoms with Gasteiger partial charge in [0.15, 0.2) is 0 Å². The summed E-state index contributed by atoms with van der Waals surface area (Å²) in [6, 6.07) is 0. The van der Waals surface area contributed by atoms with Crippen LogP contribution in [0.3, 0.4) is 0 Å². The molecule has 0 aromatic rings. The van der Waals surface area contributed by atoms with E-state index in [1.165, 1.54) is 0 Å². The van der Waals surface area contributed by atoms with E-state index in [1.54, 1.807) is 0 Å². The summed E-state index contributed by atoms with van der Waals surface area (Å²) in [6.45, 7) is -4.50. The van der Waals surface area contributed by atoms with Gasteiger partial charge in [0.05, 0.1) is 52.4 Å². The number of carboxylic acids is 8. The van der Waals surface area contributed by atoms with Gasteiger partial charge in [-0.2, -0.15) is 0 Å². The average Bonchev–Trinajstić information content (AvgIpc) is 2.72. The molecule has 28 heteroatoms. The van der Waals surface area contributed by atoms with Crippen LogP contribution in [0.1, 0.15) is 5.71 Å². The summed E-state index contributed by atoms with van der Waals surface area (Å²) in [5.74, 6) is -9.82. The van der Waals surface area contributed by atoms with Gasteiger partial charge in [0.1, 0.15) is 0 Å². The van der Waals surface area contributed by atoms with Gasteiger partial charge in [0, 0.05) is 26.2 Å². The number of hydrogen-bond donors (Lipinski definition) is 12. The number of nitrogens with zero attached hydrogens (tertiary/aromatic N) is 4. The zero-order valence-corrected chi connectivity index (χ0v) is 35.9. The van der Waals surface area contributed by atoms with Gasteiger partial charge in [-0.1, -0.05) is 0 Å². The summed E-state index contributed by atoms with van der Waals surface area (Å²) >= 11 is 0. The van der Waals surface area contributed by atoms with Crippen LogP contribution < -0.4 is 143 Å². The van der Waals surface area contributed by atoms with Crippen LogP contribution in [0.4, 0.5) is 0 Å². The number of aliphatic carboxylic acids is 8. The van der Waals surface area contributed by atoms with Crippen molar-refractivity contribution in [3.63, 3.8) is 0 Å². The quantitative estimate of drug-likeness (QED) is 0.0457. The molecule has 0 aliphatic carbocycles. The van der Waals surface area contributed by atoms with Crippen molar-refractivity contribution in [3.05, 3.63) is 0 Å². The van der Waals surface area contributed by atoms with Crippen molar-refractivity contribution in [2.75, 3.05) is 78.5 Å². The maximum atomic E-state index is 10.6. The van der Waals surface area contributed by atoms with E-state index in [2.05, 4.69) is 0 Å². The summed E-state index contributed by atoms with van der Waals surface area (Å²) in [6.07, 6.45) is 0. The minimum absolute atomic E-state index is 0. The molecule has 0 aromatic carbocycles. The summed E-state index contributed by atoms with van der Waals surface area (Å²) in [5.41, 5.74) is 0. The van der Waals surface area contributed by atoms with E-state index in [1.807, 2.05) is 0 Å². The van der Waals surface area contributed by atoms with Gasteiger partial charge < -0.3 is 71.2 Å². The molecule has 0 heterocycles. The largest absolute Gasteiger partial charge is 1.00 e. The van der Waals surface area contributed by atoms with Crippen LogP contribution in [0.5, 0.6) is 0 Å².